The number of piperazine rings is 1. The van der Waals surface area contributed by atoms with Crippen LogP contribution in [-0.4, -0.2) is 63.3 Å². The van der Waals surface area contributed by atoms with Gasteiger partial charge in [0, 0.05) is 54.9 Å². The fourth-order valence-electron chi connectivity index (χ4n) is 4.57. The molecule has 2 N–H and O–H groups in total. The molecule has 0 aliphatic carbocycles. The Morgan fingerprint density at radius 3 is 2.50 bits per heavy atom. The van der Waals surface area contributed by atoms with Gasteiger partial charge in [0.1, 0.15) is 5.69 Å². The molecule has 32 heavy (non-hydrogen) atoms. The Bertz CT molecular complexity index is 1420. The van der Waals surface area contributed by atoms with Gasteiger partial charge < -0.3 is 14.8 Å². The van der Waals surface area contributed by atoms with Crippen molar-refractivity contribution in [2.45, 2.75) is 6.92 Å². The highest BCUT2D eigenvalue weighted by Crippen LogP contribution is 2.34. The third-order valence-corrected chi connectivity index (χ3v) is 6.39. The number of aromatic amines is 2. The zero-order valence-corrected chi connectivity index (χ0v) is 18.3. The second kappa shape index (κ2) is 7.46. The second-order valence-electron chi connectivity index (χ2n) is 8.68. The molecule has 5 heterocycles. The third-order valence-electron chi connectivity index (χ3n) is 6.39. The van der Waals surface area contributed by atoms with Crippen molar-refractivity contribution >= 4 is 27.5 Å². The standard InChI is InChI=1S/C25H25N7/c1-16-9-18(13-26-12-16)17-3-4-21-20(10-17)25(30-29-21)22-11-19-23(28-22)14-27-15-24(19)32-7-5-31(2)6-8-32/h3-4,9-15,28H,5-8H2,1-2H3,(H,29,30). The summed E-state index contributed by atoms with van der Waals surface area (Å²) in [6.07, 6.45) is 7.67. The molecule has 1 aliphatic heterocycles. The van der Waals surface area contributed by atoms with E-state index >= 15 is 0 Å². The quantitative estimate of drug-likeness (QED) is 0.454. The molecule has 4 aromatic heterocycles. The predicted octanol–water partition coefficient (Wildman–Crippen LogP) is 4.23. The van der Waals surface area contributed by atoms with Crippen LogP contribution in [0.3, 0.4) is 0 Å². The van der Waals surface area contributed by atoms with Gasteiger partial charge >= 0.3 is 0 Å². The number of benzene rings is 1. The number of likely N-dealkylation sites (N-methyl/N-ethyl adjacent to an activating group) is 1. The van der Waals surface area contributed by atoms with E-state index in [1.807, 2.05) is 24.8 Å². The molecule has 1 fully saturated rings. The summed E-state index contributed by atoms with van der Waals surface area (Å²) in [7, 11) is 2.17. The number of nitrogens with zero attached hydrogens (tertiary/aromatic N) is 5. The summed E-state index contributed by atoms with van der Waals surface area (Å²) < 4.78 is 0. The topological polar surface area (TPSA) is 76.7 Å². The first-order valence-electron chi connectivity index (χ1n) is 11.0. The number of hydrogen-bond acceptors (Lipinski definition) is 5. The number of H-pyrrole nitrogens is 2. The molecule has 7 nitrogen and oxygen atoms in total. The van der Waals surface area contributed by atoms with Crippen molar-refractivity contribution in [3.8, 4) is 22.5 Å². The van der Waals surface area contributed by atoms with Crippen molar-refractivity contribution in [2.75, 3.05) is 38.1 Å². The lowest BCUT2D eigenvalue weighted by Crippen LogP contribution is -2.44. The van der Waals surface area contributed by atoms with Crippen LogP contribution in [0, 0.1) is 6.92 Å². The van der Waals surface area contributed by atoms with Crippen LogP contribution in [0.15, 0.2) is 55.1 Å². The summed E-state index contributed by atoms with van der Waals surface area (Å²) in [6, 6.07) is 10.8. The van der Waals surface area contributed by atoms with E-state index < -0.39 is 0 Å². The molecular weight excluding hydrogens is 398 g/mol. The molecule has 5 aromatic rings. The second-order valence-corrected chi connectivity index (χ2v) is 8.68. The van der Waals surface area contributed by atoms with Gasteiger partial charge in [0.2, 0.25) is 0 Å². The van der Waals surface area contributed by atoms with Crippen LogP contribution >= 0.6 is 0 Å². The first kappa shape index (κ1) is 19.0. The minimum absolute atomic E-state index is 0.919. The SMILES string of the molecule is Cc1cncc(-c2ccc3[nH]nc(-c4cc5c(N6CCN(C)CC6)cncc5[nH]4)c3c2)c1. The highest BCUT2D eigenvalue weighted by Gasteiger charge is 2.19. The van der Waals surface area contributed by atoms with Crippen LogP contribution in [0.4, 0.5) is 5.69 Å². The lowest BCUT2D eigenvalue weighted by Gasteiger charge is -2.34. The Morgan fingerprint density at radius 2 is 1.66 bits per heavy atom. The monoisotopic (exact) mass is 423 g/mol. The van der Waals surface area contributed by atoms with E-state index in [1.54, 1.807) is 0 Å². The number of nitrogens with one attached hydrogen (secondary N) is 2. The molecule has 0 saturated carbocycles. The Hall–Kier alpha value is -3.71. The minimum Gasteiger partial charge on any atom is -0.367 e. The Kier molecular flexibility index (Phi) is 4.43. The number of aryl methyl sites for hydroxylation is 1. The van der Waals surface area contributed by atoms with Crippen LogP contribution in [0.1, 0.15) is 5.56 Å². The fourth-order valence-corrected chi connectivity index (χ4v) is 4.57. The number of anilines is 1. The van der Waals surface area contributed by atoms with Crippen molar-refractivity contribution < 1.29 is 0 Å². The van der Waals surface area contributed by atoms with E-state index in [2.05, 4.69) is 79.3 Å². The third kappa shape index (κ3) is 3.22. The van der Waals surface area contributed by atoms with Crippen molar-refractivity contribution in [3.05, 3.63) is 60.7 Å². The smallest absolute Gasteiger partial charge is 0.116 e. The molecule has 0 bridgehead atoms. The molecule has 1 saturated heterocycles. The summed E-state index contributed by atoms with van der Waals surface area (Å²) in [5, 5.41) is 10.1. The molecule has 7 heteroatoms. The van der Waals surface area contributed by atoms with Crippen LogP contribution in [0.5, 0.6) is 0 Å². The molecular formula is C25H25N7. The van der Waals surface area contributed by atoms with E-state index in [0.717, 1.165) is 70.7 Å². The molecule has 0 unspecified atom stereocenters. The van der Waals surface area contributed by atoms with Gasteiger partial charge in [0.05, 0.1) is 34.8 Å². The number of aromatic nitrogens is 5. The van der Waals surface area contributed by atoms with Gasteiger partial charge in [-0.05, 0) is 49.4 Å². The van der Waals surface area contributed by atoms with E-state index in [9.17, 15) is 0 Å². The molecule has 1 aromatic carbocycles. The van der Waals surface area contributed by atoms with Gasteiger partial charge in [-0.2, -0.15) is 5.10 Å². The number of pyridine rings is 2. The van der Waals surface area contributed by atoms with Gasteiger partial charge in [-0.25, -0.2) is 0 Å². The van der Waals surface area contributed by atoms with E-state index in [1.165, 1.54) is 11.1 Å². The van der Waals surface area contributed by atoms with Crippen molar-refractivity contribution in [1.29, 1.82) is 0 Å². The maximum absolute atomic E-state index is 4.65. The summed E-state index contributed by atoms with van der Waals surface area (Å²) in [4.78, 5) is 17.2. The molecule has 1 aliphatic rings. The summed E-state index contributed by atoms with van der Waals surface area (Å²) >= 11 is 0. The van der Waals surface area contributed by atoms with Crippen molar-refractivity contribution in [1.82, 2.24) is 30.0 Å². The van der Waals surface area contributed by atoms with E-state index in [-0.39, 0.29) is 0 Å². The zero-order valence-electron chi connectivity index (χ0n) is 18.3. The van der Waals surface area contributed by atoms with Gasteiger partial charge in [-0.1, -0.05) is 6.07 Å². The average Bonchev–Trinajstić information content (AvgIpc) is 3.43. The highest BCUT2D eigenvalue weighted by atomic mass is 15.2. The highest BCUT2D eigenvalue weighted by molar-refractivity contribution is 6.00. The van der Waals surface area contributed by atoms with Crippen LogP contribution in [-0.2, 0) is 0 Å². The molecule has 0 spiro atoms. The maximum atomic E-state index is 4.65. The van der Waals surface area contributed by atoms with Gasteiger partial charge in [-0.3, -0.25) is 15.1 Å². The molecule has 0 atom stereocenters. The normalized spacial score (nSPS) is 15.1. The largest absolute Gasteiger partial charge is 0.367 e. The molecule has 0 radical (unpaired) electrons. The number of rotatable bonds is 3. The Balaban J connectivity index is 1.44. The van der Waals surface area contributed by atoms with Crippen LogP contribution < -0.4 is 4.90 Å². The molecule has 6 rings (SSSR count). The van der Waals surface area contributed by atoms with Gasteiger partial charge in [-0.15, -0.1) is 0 Å². The lowest BCUT2D eigenvalue weighted by molar-refractivity contribution is 0.313. The predicted molar refractivity (Wildman–Crippen MR) is 129 cm³/mol. The van der Waals surface area contributed by atoms with Gasteiger partial charge in [0.15, 0.2) is 0 Å². The van der Waals surface area contributed by atoms with E-state index in [4.69, 9.17) is 0 Å². The minimum atomic E-state index is 0.919. The lowest BCUT2D eigenvalue weighted by atomic mass is 10.0. The number of fused-ring (bicyclic) bond motifs is 2. The Morgan fingerprint density at radius 1 is 0.812 bits per heavy atom. The maximum Gasteiger partial charge on any atom is 0.116 e. The molecule has 160 valence electrons. The Labute approximate surface area is 186 Å². The summed E-state index contributed by atoms with van der Waals surface area (Å²) in [5.41, 5.74) is 8.53. The van der Waals surface area contributed by atoms with Crippen LogP contribution in [0.2, 0.25) is 0 Å². The summed E-state index contributed by atoms with van der Waals surface area (Å²) in [5.74, 6) is 0. The van der Waals surface area contributed by atoms with E-state index in [0.29, 0.717) is 0 Å². The first-order chi connectivity index (χ1) is 15.7. The zero-order chi connectivity index (χ0) is 21.7. The first-order valence-corrected chi connectivity index (χ1v) is 11.0. The van der Waals surface area contributed by atoms with Gasteiger partial charge in [0.25, 0.3) is 0 Å². The average molecular weight is 424 g/mol. The van der Waals surface area contributed by atoms with Crippen molar-refractivity contribution in [3.63, 3.8) is 0 Å². The molecule has 0 amide bonds. The van der Waals surface area contributed by atoms with Crippen LogP contribution in [0.25, 0.3) is 44.3 Å². The summed E-state index contributed by atoms with van der Waals surface area (Å²) in [6.45, 7) is 6.21. The number of hydrogen-bond donors (Lipinski definition) is 2. The fraction of sp³-hybridized carbons (Fsp3) is 0.240. The van der Waals surface area contributed by atoms with Crippen molar-refractivity contribution in [2.24, 2.45) is 0 Å².